The van der Waals surface area contributed by atoms with E-state index in [9.17, 15) is 19.2 Å². The van der Waals surface area contributed by atoms with Crippen LogP contribution in [0.3, 0.4) is 0 Å². The van der Waals surface area contributed by atoms with E-state index in [1.54, 1.807) is 6.92 Å². The standard InChI is InChI=1S/C26H38N6O4/c1-4-10-18(3)28-24(34)20-13-9-14-30(16-20)17-21(33)31(5-2)22-23(27)32(26(36)29-25(22)35)15-19-11-7-6-8-12-19/h6-8,11-12,18,20H,4-5,9-10,13-17,27H2,1-3H3,(H,28,34)(H,29,35,36). The van der Waals surface area contributed by atoms with Gasteiger partial charge in [-0.25, -0.2) is 4.79 Å². The highest BCUT2D eigenvalue weighted by Crippen LogP contribution is 2.20. The minimum Gasteiger partial charge on any atom is -0.383 e. The van der Waals surface area contributed by atoms with Gasteiger partial charge in [-0.2, -0.15) is 0 Å². The van der Waals surface area contributed by atoms with Crippen LogP contribution in [0.15, 0.2) is 39.9 Å². The first kappa shape index (κ1) is 27.2. The molecule has 2 atom stereocenters. The van der Waals surface area contributed by atoms with Crippen molar-refractivity contribution in [3.05, 3.63) is 56.7 Å². The van der Waals surface area contributed by atoms with Crippen LogP contribution in [0.2, 0.25) is 0 Å². The summed E-state index contributed by atoms with van der Waals surface area (Å²) in [6.45, 7) is 7.45. The van der Waals surface area contributed by atoms with E-state index in [-0.39, 0.29) is 54.9 Å². The van der Waals surface area contributed by atoms with Crippen molar-refractivity contribution in [1.29, 1.82) is 0 Å². The topological polar surface area (TPSA) is 134 Å². The number of nitrogen functional groups attached to an aromatic ring is 1. The van der Waals surface area contributed by atoms with E-state index >= 15 is 0 Å². The maximum atomic E-state index is 13.3. The molecule has 10 heteroatoms. The van der Waals surface area contributed by atoms with Gasteiger partial charge in [0.25, 0.3) is 5.56 Å². The SMILES string of the molecule is CCCC(C)NC(=O)C1CCCN(CC(=O)N(CC)c2c(N)n(Cc3ccccc3)c(=O)[nH]c2=O)C1. The second kappa shape index (κ2) is 12.5. The number of rotatable bonds is 10. The summed E-state index contributed by atoms with van der Waals surface area (Å²) in [5.74, 6) is -0.514. The third-order valence-corrected chi connectivity index (χ3v) is 6.63. The molecule has 2 heterocycles. The van der Waals surface area contributed by atoms with E-state index in [2.05, 4.69) is 17.2 Å². The Morgan fingerprint density at radius 2 is 1.94 bits per heavy atom. The number of carbonyl (C=O) groups is 2. The number of piperidine rings is 1. The number of aromatic amines is 1. The summed E-state index contributed by atoms with van der Waals surface area (Å²) in [6.07, 6.45) is 3.52. The maximum absolute atomic E-state index is 13.3. The van der Waals surface area contributed by atoms with Gasteiger partial charge < -0.3 is 16.0 Å². The van der Waals surface area contributed by atoms with Crippen LogP contribution >= 0.6 is 0 Å². The fraction of sp³-hybridized carbons (Fsp3) is 0.538. The maximum Gasteiger partial charge on any atom is 0.330 e. The Hall–Kier alpha value is -3.40. The first-order valence-corrected chi connectivity index (χ1v) is 12.7. The molecule has 4 N–H and O–H groups in total. The van der Waals surface area contributed by atoms with Crippen molar-refractivity contribution >= 4 is 23.3 Å². The van der Waals surface area contributed by atoms with Gasteiger partial charge in [0.15, 0.2) is 5.69 Å². The van der Waals surface area contributed by atoms with Gasteiger partial charge >= 0.3 is 5.69 Å². The lowest BCUT2D eigenvalue weighted by Crippen LogP contribution is -2.49. The molecule has 36 heavy (non-hydrogen) atoms. The van der Waals surface area contributed by atoms with Crippen LogP contribution in [0.4, 0.5) is 11.5 Å². The van der Waals surface area contributed by atoms with E-state index in [0.29, 0.717) is 13.1 Å². The molecule has 1 aliphatic rings. The fourth-order valence-electron chi connectivity index (χ4n) is 4.78. The molecule has 10 nitrogen and oxygen atoms in total. The molecule has 2 amide bonds. The molecule has 1 aliphatic heterocycles. The van der Waals surface area contributed by atoms with Gasteiger partial charge in [0.2, 0.25) is 11.8 Å². The Balaban J connectivity index is 1.76. The molecule has 0 bridgehead atoms. The monoisotopic (exact) mass is 498 g/mol. The molecule has 1 aromatic carbocycles. The molecule has 0 aliphatic carbocycles. The molecular weight excluding hydrogens is 460 g/mol. The molecular formula is C26H38N6O4. The molecule has 1 fully saturated rings. The van der Waals surface area contributed by atoms with E-state index in [0.717, 1.165) is 31.2 Å². The summed E-state index contributed by atoms with van der Waals surface area (Å²) in [5.41, 5.74) is 5.78. The number of nitrogens with two attached hydrogens (primary N) is 1. The predicted molar refractivity (Wildman–Crippen MR) is 141 cm³/mol. The Labute approximate surface area is 211 Å². The Morgan fingerprint density at radius 1 is 1.22 bits per heavy atom. The third-order valence-electron chi connectivity index (χ3n) is 6.63. The lowest BCUT2D eigenvalue weighted by atomic mass is 9.96. The van der Waals surface area contributed by atoms with Gasteiger partial charge in [0.1, 0.15) is 5.82 Å². The van der Waals surface area contributed by atoms with E-state index in [4.69, 9.17) is 5.73 Å². The second-order valence-electron chi connectivity index (χ2n) is 9.48. The summed E-state index contributed by atoms with van der Waals surface area (Å²) in [5, 5.41) is 3.08. The lowest BCUT2D eigenvalue weighted by Gasteiger charge is -2.33. The van der Waals surface area contributed by atoms with Gasteiger partial charge in [-0.15, -0.1) is 0 Å². The number of hydrogen-bond acceptors (Lipinski definition) is 6. The summed E-state index contributed by atoms with van der Waals surface area (Å²) >= 11 is 0. The van der Waals surface area contributed by atoms with Gasteiger partial charge in [0.05, 0.1) is 19.0 Å². The largest absolute Gasteiger partial charge is 0.383 e. The van der Waals surface area contributed by atoms with Crippen molar-refractivity contribution in [3.8, 4) is 0 Å². The number of nitrogens with one attached hydrogen (secondary N) is 2. The highest BCUT2D eigenvalue weighted by atomic mass is 16.2. The second-order valence-corrected chi connectivity index (χ2v) is 9.48. The number of amides is 2. The zero-order valence-electron chi connectivity index (χ0n) is 21.5. The van der Waals surface area contributed by atoms with E-state index in [1.165, 1.54) is 9.47 Å². The minimum absolute atomic E-state index is 0.0223. The molecule has 196 valence electrons. The number of likely N-dealkylation sites (N-methyl/N-ethyl adjacent to an activating group) is 1. The molecule has 2 unspecified atom stereocenters. The molecule has 0 spiro atoms. The summed E-state index contributed by atoms with van der Waals surface area (Å²) in [7, 11) is 0. The van der Waals surface area contributed by atoms with Crippen molar-refractivity contribution in [2.24, 2.45) is 5.92 Å². The normalized spacial score (nSPS) is 16.9. The molecule has 0 radical (unpaired) electrons. The fourth-order valence-corrected chi connectivity index (χ4v) is 4.78. The third kappa shape index (κ3) is 6.63. The van der Waals surface area contributed by atoms with Crippen molar-refractivity contribution in [3.63, 3.8) is 0 Å². The molecule has 1 aromatic heterocycles. The van der Waals surface area contributed by atoms with Gasteiger partial charge in [-0.3, -0.25) is 28.8 Å². The van der Waals surface area contributed by atoms with Crippen LogP contribution in [0.5, 0.6) is 0 Å². The van der Waals surface area contributed by atoms with Crippen LogP contribution in [-0.4, -0.2) is 58.5 Å². The predicted octanol–water partition coefficient (Wildman–Crippen LogP) is 1.54. The molecule has 2 aromatic rings. The van der Waals surface area contributed by atoms with Crippen LogP contribution in [0, 0.1) is 5.92 Å². The Kier molecular flexibility index (Phi) is 9.46. The molecule has 3 rings (SSSR count). The number of benzene rings is 1. The van der Waals surface area contributed by atoms with Crippen molar-refractivity contribution in [2.45, 2.75) is 59.0 Å². The molecule has 1 saturated heterocycles. The van der Waals surface area contributed by atoms with Gasteiger partial charge in [0, 0.05) is 19.1 Å². The zero-order chi connectivity index (χ0) is 26.2. The number of anilines is 2. The summed E-state index contributed by atoms with van der Waals surface area (Å²) in [4.78, 5) is 56.9. The quantitative estimate of drug-likeness (QED) is 0.455. The highest BCUT2D eigenvalue weighted by molar-refractivity contribution is 5.96. The average molecular weight is 499 g/mol. The Morgan fingerprint density at radius 3 is 2.61 bits per heavy atom. The Bertz CT molecular complexity index is 1160. The number of aromatic nitrogens is 2. The van der Waals surface area contributed by atoms with E-state index in [1.807, 2.05) is 42.2 Å². The van der Waals surface area contributed by atoms with Gasteiger partial charge in [-0.1, -0.05) is 43.7 Å². The lowest BCUT2D eigenvalue weighted by molar-refractivity contribution is -0.128. The number of H-pyrrole nitrogens is 1. The minimum atomic E-state index is -0.696. The van der Waals surface area contributed by atoms with E-state index < -0.39 is 11.2 Å². The first-order chi connectivity index (χ1) is 17.2. The zero-order valence-corrected chi connectivity index (χ0v) is 21.5. The van der Waals surface area contributed by atoms with Crippen molar-refractivity contribution in [2.75, 3.05) is 36.8 Å². The first-order valence-electron chi connectivity index (χ1n) is 12.7. The van der Waals surface area contributed by atoms with Crippen LogP contribution in [0.1, 0.15) is 52.0 Å². The number of nitrogens with zero attached hydrogens (tertiary/aromatic N) is 3. The number of hydrogen-bond donors (Lipinski definition) is 3. The summed E-state index contributed by atoms with van der Waals surface area (Å²) in [6, 6.07) is 9.39. The smallest absolute Gasteiger partial charge is 0.330 e. The van der Waals surface area contributed by atoms with Crippen LogP contribution in [-0.2, 0) is 16.1 Å². The van der Waals surface area contributed by atoms with Gasteiger partial charge in [-0.05, 0) is 45.2 Å². The highest BCUT2D eigenvalue weighted by Gasteiger charge is 2.30. The van der Waals surface area contributed by atoms with Crippen molar-refractivity contribution in [1.82, 2.24) is 19.8 Å². The number of likely N-dealkylation sites (tertiary alicyclic amines) is 1. The van der Waals surface area contributed by atoms with Crippen LogP contribution < -0.4 is 27.2 Å². The average Bonchev–Trinajstić information content (AvgIpc) is 2.85. The summed E-state index contributed by atoms with van der Waals surface area (Å²) < 4.78 is 1.26. The van der Waals surface area contributed by atoms with Crippen molar-refractivity contribution < 1.29 is 9.59 Å². The molecule has 0 saturated carbocycles. The number of carbonyl (C=O) groups excluding carboxylic acids is 2. The van der Waals surface area contributed by atoms with Crippen LogP contribution in [0.25, 0.3) is 0 Å².